The third-order valence-corrected chi connectivity index (χ3v) is 3.37. The van der Waals surface area contributed by atoms with E-state index in [0.29, 0.717) is 12.0 Å². The summed E-state index contributed by atoms with van der Waals surface area (Å²) in [7, 11) is 0. The standard InChI is InChI=1S/C12H22O2/c1-10(2)9-13-11-4-6-12(8-11)5-3-7-14-12/h10-11H,3-9H2,1-2H3/t11-,12+/m0/s1. The lowest BCUT2D eigenvalue weighted by molar-refractivity contribution is -0.0175. The number of hydrogen-bond acceptors (Lipinski definition) is 2. The van der Waals surface area contributed by atoms with Crippen LogP contribution in [-0.4, -0.2) is 24.9 Å². The van der Waals surface area contributed by atoms with Crippen molar-refractivity contribution in [2.45, 2.75) is 57.7 Å². The fourth-order valence-electron chi connectivity index (χ4n) is 2.63. The molecule has 2 atom stereocenters. The lowest BCUT2D eigenvalue weighted by atomic mass is 9.99. The smallest absolute Gasteiger partial charge is 0.0709 e. The Morgan fingerprint density at radius 3 is 2.93 bits per heavy atom. The van der Waals surface area contributed by atoms with Crippen LogP contribution < -0.4 is 0 Å². The van der Waals surface area contributed by atoms with E-state index in [2.05, 4.69) is 13.8 Å². The van der Waals surface area contributed by atoms with Gasteiger partial charge in [0.15, 0.2) is 0 Å². The molecular formula is C12H22O2. The average molecular weight is 198 g/mol. The Balaban J connectivity index is 1.76. The second-order valence-corrected chi connectivity index (χ2v) is 5.23. The monoisotopic (exact) mass is 198 g/mol. The van der Waals surface area contributed by atoms with E-state index in [-0.39, 0.29) is 5.60 Å². The van der Waals surface area contributed by atoms with Gasteiger partial charge < -0.3 is 9.47 Å². The van der Waals surface area contributed by atoms with E-state index in [9.17, 15) is 0 Å². The summed E-state index contributed by atoms with van der Waals surface area (Å²) < 4.78 is 11.7. The van der Waals surface area contributed by atoms with Crippen molar-refractivity contribution in [3.8, 4) is 0 Å². The van der Waals surface area contributed by atoms with Gasteiger partial charge in [0.1, 0.15) is 0 Å². The highest BCUT2D eigenvalue weighted by molar-refractivity contribution is 4.94. The fourth-order valence-corrected chi connectivity index (χ4v) is 2.63. The van der Waals surface area contributed by atoms with E-state index >= 15 is 0 Å². The Labute approximate surface area is 87.0 Å². The molecule has 2 aliphatic rings. The maximum atomic E-state index is 5.87. The molecule has 1 saturated carbocycles. The van der Waals surface area contributed by atoms with Gasteiger partial charge in [-0.1, -0.05) is 13.8 Å². The van der Waals surface area contributed by atoms with E-state index in [1.165, 1.54) is 25.7 Å². The van der Waals surface area contributed by atoms with Crippen LogP contribution in [0.1, 0.15) is 46.0 Å². The van der Waals surface area contributed by atoms with E-state index in [4.69, 9.17) is 9.47 Å². The highest BCUT2D eigenvalue weighted by Gasteiger charge is 2.42. The molecule has 2 nitrogen and oxygen atoms in total. The van der Waals surface area contributed by atoms with Crippen molar-refractivity contribution < 1.29 is 9.47 Å². The summed E-state index contributed by atoms with van der Waals surface area (Å²) in [4.78, 5) is 0. The molecule has 0 aromatic rings. The molecule has 1 heterocycles. The number of ether oxygens (including phenoxy) is 2. The van der Waals surface area contributed by atoms with Gasteiger partial charge in [-0.2, -0.15) is 0 Å². The predicted octanol–water partition coefficient (Wildman–Crippen LogP) is 2.76. The van der Waals surface area contributed by atoms with Gasteiger partial charge in [-0.3, -0.25) is 0 Å². The zero-order chi connectivity index (χ0) is 10.0. The van der Waals surface area contributed by atoms with Crippen LogP contribution >= 0.6 is 0 Å². The van der Waals surface area contributed by atoms with Gasteiger partial charge in [0, 0.05) is 19.6 Å². The summed E-state index contributed by atoms with van der Waals surface area (Å²) >= 11 is 0. The van der Waals surface area contributed by atoms with E-state index in [0.717, 1.165) is 19.6 Å². The van der Waals surface area contributed by atoms with Crippen molar-refractivity contribution in [2.75, 3.05) is 13.2 Å². The molecule has 14 heavy (non-hydrogen) atoms. The fraction of sp³-hybridized carbons (Fsp3) is 1.00. The molecule has 0 unspecified atom stereocenters. The van der Waals surface area contributed by atoms with Crippen LogP contribution in [0.15, 0.2) is 0 Å². The van der Waals surface area contributed by atoms with Gasteiger partial charge in [0.05, 0.1) is 11.7 Å². The normalized spacial score (nSPS) is 37.5. The molecule has 0 bridgehead atoms. The van der Waals surface area contributed by atoms with Gasteiger partial charge in [-0.25, -0.2) is 0 Å². The van der Waals surface area contributed by atoms with E-state index in [1.54, 1.807) is 0 Å². The van der Waals surface area contributed by atoms with Crippen molar-refractivity contribution in [2.24, 2.45) is 5.92 Å². The molecule has 1 saturated heterocycles. The molecule has 2 rings (SSSR count). The summed E-state index contributed by atoms with van der Waals surface area (Å²) in [5.74, 6) is 0.649. The second-order valence-electron chi connectivity index (χ2n) is 5.23. The molecule has 0 aromatic heterocycles. The Kier molecular flexibility index (Phi) is 3.13. The maximum absolute atomic E-state index is 5.87. The number of rotatable bonds is 3. The molecule has 0 aromatic carbocycles. The predicted molar refractivity (Wildman–Crippen MR) is 56.3 cm³/mol. The quantitative estimate of drug-likeness (QED) is 0.694. The van der Waals surface area contributed by atoms with Crippen LogP contribution in [0, 0.1) is 5.92 Å². The van der Waals surface area contributed by atoms with Crippen molar-refractivity contribution in [1.29, 1.82) is 0 Å². The molecule has 0 radical (unpaired) electrons. The lowest BCUT2D eigenvalue weighted by Crippen LogP contribution is -2.25. The van der Waals surface area contributed by atoms with E-state index < -0.39 is 0 Å². The number of hydrogen-bond donors (Lipinski definition) is 0. The first-order valence-corrected chi connectivity index (χ1v) is 5.96. The van der Waals surface area contributed by atoms with Crippen molar-refractivity contribution in [1.82, 2.24) is 0 Å². The van der Waals surface area contributed by atoms with Crippen molar-refractivity contribution >= 4 is 0 Å². The highest BCUT2D eigenvalue weighted by Crippen LogP contribution is 2.42. The van der Waals surface area contributed by atoms with Crippen LogP contribution in [0.4, 0.5) is 0 Å². The van der Waals surface area contributed by atoms with Crippen LogP contribution in [-0.2, 0) is 9.47 Å². The van der Waals surface area contributed by atoms with Gasteiger partial charge in [-0.15, -0.1) is 0 Å². The lowest BCUT2D eigenvalue weighted by Gasteiger charge is -2.22. The first kappa shape index (κ1) is 10.4. The van der Waals surface area contributed by atoms with Crippen molar-refractivity contribution in [3.63, 3.8) is 0 Å². The molecule has 82 valence electrons. The largest absolute Gasteiger partial charge is 0.378 e. The highest BCUT2D eigenvalue weighted by atomic mass is 16.5. The third-order valence-electron chi connectivity index (χ3n) is 3.37. The molecule has 1 aliphatic heterocycles. The molecule has 2 fully saturated rings. The second kappa shape index (κ2) is 4.19. The van der Waals surface area contributed by atoms with Gasteiger partial charge in [-0.05, 0) is 31.6 Å². The third kappa shape index (κ3) is 2.29. The molecule has 1 aliphatic carbocycles. The van der Waals surface area contributed by atoms with Crippen LogP contribution in [0.5, 0.6) is 0 Å². The van der Waals surface area contributed by atoms with Gasteiger partial charge >= 0.3 is 0 Å². The Morgan fingerprint density at radius 2 is 2.29 bits per heavy atom. The first-order valence-electron chi connectivity index (χ1n) is 5.96. The Bertz CT molecular complexity index is 183. The minimum atomic E-state index is 0.224. The van der Waals surface area contributed by atoms with E-state index in [1.807, 2.05) is 0 Å². The summed E-state index contributed by atoms with van der Waals surface area (Å²) in [6.07, 6.45) is 6.53. The molecule has 1 spiro atoms. The van der Waals surface area contributed by atoms with Crippen LogP contribution in [0.3, 0.4) is 0 Å². The summed E-state index contributed by atoms with van der Waals surface area (Å²) in [5, 5.41) is 0. The van der Waals surface area contributed by atoms with Crippen LogP contribution in [0.2, 0.25) is 0 Å². The Hall–Kier alpha value is -0.0800. The maximum Gasteiger partial charge on any atom is 0.0709 e. The average Bonchev–Trinajstić information content (AvgIpc) is 2.74. The summed E-state index contributed by atoms with van der Waals surface area (Å²) in [6, 6.07) is 0. The first-order chi connectivity index (χ1) is 6.70. The van der Waals surface area contributed by atoms with Crippen LogP contribution in [0.25, 0.3) is 0 Å². The molecule has 0 amide bonds. The molecular weight excluding hydrogens is 176 g/mol. The Morgan fingerprint density at radius 1 is 1.43 bits per heavy atom. The minimum Gasteiger partial charge on any atom is -0.378 e. The summed E-state index contributed by atoms with van der Waals surface area (Å²) in [5.41, 5.74) is 0.224. The zero-order valence-corrected chi connectivity index (χ0v) is 9.42. The zero-order valence-electron chi connectivity index (χ0n) is 9.42. The SMILES string of the molecule is CC(C)CO[C@H]1CC[C@]2(CCCO2)C1. The van der Waals surface area contributed by atoms with Crippen molar-refractivity contribution in [3.05, 3.63) is 0 Å². The molecule has 0 N–H and O–H groups in total. The topological polar surface area (TPSA) is 18.5 Å². The van der Waals surface area contributed by atoms with Gasteiger partial charge in [0.2, 0.25) is 0 Å². The minimum absolute atomic E-state index is 0.224. The van der Waals surface area contributed by atoms with Gasteiger partial charge in [0.25, 0.3) is 0 Å². The molecule has 2 heteroatoms. The summed E-state index contributed by atoms with van der Waals surface area (Å²) in [6.45, 7) is 6.28.